The fraction of sp³-hybridized carbons (Fsp3) is 0.444. The first-order chi connectivity index (χ1) is 5.62. The fourth-order valence-electron chi connectivity index (χ4n) is 1.27. The summed E-state index contributed by atoms with van der Waals surface area (Å²) in [6.07, 6.45) is 2.42. The molecule has 0 amide bonds. The van der Waals surface area contributed by atoms with Crippen molar-refractivity contribution in [2.75, 3.05) is 11.5 Å². The van der Waals surface area contributed by atoms with Crippen LogP contribution in [0.15, 0.2) is 12.1 Å². The standard InChI is InChI=1S/C9H13N3/c1-9(4-5-9)7-3-2-6(10)8(11)12-7/h2-3H,4-5,10H2,1H3,(H2,11,12). The van der Waals surface area contributed by atoms with Crippen molar-refractivity contribution in [1.29, 1.82) is 0 Å². The SMILES string of the molecule is CC1(c2ccc(N)c(N)n2)CC1. The largest absolute Gasteiger partial charge is 0.396 e. The average Bonchev–Trinajstić information content (AvgIpc) is 2.75. The molecule has 0 aromatic carbocycles. The molecule has 12 heavy (non-hydrogen) atoms. The fourth-order valence-corrected chi connectivity index (χ4v) is 1.27. The second-order valence-electron chi connectivity index (χ2n) is 3.73. The van der Waals surface area contributed by atoms with Gasteiger partial charge in [-0.3, -0.25) is 0 Å². The Labute approximate surface area is 71.8 Å². The quantitative estimate of drug-likeness (QED) is 0.655. The van der Waals surface area contributed by atoms with Gasteiger partial charge in [0.15, 0.2) is 0 Å². The van der Waals surface area contributed by atoms with E-state index >= 15 is 0 Å². The Kier molecular flexibility index (Phi) is 1.31. The average molecular weight is 163 g/mol. The molecule has 2 rings (SSSR count). The van der Waals surface area contributed by atoms with Crippen LogP contribution in [0.2, 0.25) is 0 Å². The molecule has 0 spiro atoms. The molecule has 0 radical (unpaired) electrons. The molecule has 1 aromatic rings. The van der Waals surface area contributed by atoms with E-state index < -0.39 is 0 Å². The molecule has 3 nitrogen and oxygen atoms in total. The molecule has 1 heterocycles. The first-order valence-corrected chi connectivity index (χ1v) is 4.14. The minimum Gasteiger partial charge on any atom is -0.396 e. The predicted molar refractivity (Wildman–Crippen MR) is 49.6 cm³/mol. The first kappa shape index (κ1) is 7.40. The third-order valence-electron chi connectivity index (χ3n) is 2.58. The van der Waals surface area contributed by atoms with Crippen LogP contribution in [0.5, 0.6) is 0 Å². The maximum absolute atomic E-state index is 5.61. The van der Waals surface area contributed by atoms with Crippen molar-refractivity contribution in [2.45, 2.75) is 25.2 Å². The minimum atomic E-state index is 0.280. The molecule has 1 aliphatic rings. The Morgan fingerprint density at radius 2 is 2.00 bits per heavy atom. The van der Waals surface area contributed by atoms with E-state index in [1.165, 1.54) is 12.8 Å². The molecular formula is C9H13N3. The minimum absolute atomic E-state index is 0.280. The van der Waals surface area contributed by atoms with Gasteiger partial charge in [0.1, 0.15) is 5.82 Å². The summed E-state index contributed by atoms with van der Waals surface area (Å²) in [5.41, 5.74) is 13.1. The van der Waals surface area contributed by atoms with E-state index in [-0.39, 0.29) is 5.41 Å². The van der Waals surface area contributed by atoms with Crippen molar-refractivity contribution in [3.05, 3.63) is 17.8 Å². The monoisotopic (exact) mass is 163 g/mol. The number of anilines is 2. The van der Waals surface area contributed by atoms with Crippen LogP contribution in [0.25, 0.3) is 0 Å². The molecule has 0 unspecified atom stereocenters. The van der Waals surface area contributed by atoms with Crippen molar-refractivity contribution in [3.8, 4) is 0 Å². The molecule has 1 aromatic heterocycles. The van der Waals surface area contributed by atoms with Crippen LogP contribution in [-0.4, -0.2) is 4.98 Å². The molecule has 1 saturated carbocycles. The van der Waals surface area contributed by atoms with E-state index in [1.54, 1.807) is 0 Å². The summed E-state index contributed by atoms with van der Waals surface area (Å²) in [6, 6.07) is 3.81. The molecule has 3 heteroatoms. The van der Waals surface area contributed by atoms with Crippen LogP contribution in [0.1, 0.15) is 25.5 Å². The second-order valence-corrected chi connectivity index (χ2v) is 3.73. The van der Waals surface area contributed by atoms with Gasteiger partial charge >= 0.3 is 0 Å². The van der Waals surface area contributed by atoms with E-state index in [4.69, 9.17) is 11.5 Å². The lowest BCUT2D eigenvalue weighted by atomic mass is 10.1. The summed E-state index contributed by atoms with van der Waals surface area (Å²) in [5, 5.41) is 0. The zero-order chi connectivity index (χ0) is 8.77. The van der Waals surface area contributed by atoms with Gasteiger partial charge in [-0.25, -0.2) is 4.98 Å². The van der Waals surface area contributed by atoms with Gasteiger partial charge in [-0.15, -0.1) is 0 Å². The Bertz CT molecular complexity index is 316. The van der Waals surface area contributed by atoms with Crippen molar-refractivity contribution >= 4 is 11.5 Å². The van der Waals surface area contributed by atoms with Crippen molar-refractivity contribution < 1.29 is 0 Å². The van der Waals surface area contributed by atoms with E-state index in [2.05, 4.69) is 11.9 Å². The lowest BCUT2D eigenvalue weighted by Gasteiger charge is -2.08. The number of nitrogens with zero attached hydrogens (tertiary/aromatic N) is 1. The zero-order valence-corrected chi connectivity index (χ0v) is 7.17. The van der Waals surface area contributed by atoms with Gasteiger partial charge in [0.05, 0.1) is 5.69 Å². The van der Waals surface area contributed by atoms with Crippen LogP contribution in [0.3, 0.4) is 0 Å². The number of pyridine rings is 1. The number of hydrogen-bond donors (Lipinski definition) is 2. The van der Waals surface area contributed by atoms with Crippen LogP contribution < -0.4 is 11.5 Å². The topological polar surface area (TPSA) is 64.9 Å². The number of nitrogen functional groups attached to an aromatic ring is 2. The van der Waals surface area contributed by atoms with Crippen LogP contribution in [0, 0.1) is 0 Å². The third kappa shape index (κ3) is 1.02. The smallest absolute Gasteiger partial charge is 0.146 e. The summed E-state index contributed by atoms with van der Waals surface area (Å²) >= 11 is 0. The Hall–Kier alpha value is -1.25. The highest BCUT2D eigenvalue weighted by Gasteiger charge is 2.40. The lowest BCUT2D eigenvalue weighted by Crippen LogP contribution is -2.07. The summed E-state index contributed by atoms with van der Waals surface area (Å²) < 4.78 is 0. The van der Waals surface area contributed by atoms with Crippen LogP contribution >= 0.6 is 0 Å². The number of hydrogen-bond acceptors (Lipinski definition) is 3. The second kappa shape index (κ2) is 2.12. The summed E-state index contributed by atoms with van der Waals surface area (Å²) in [4.78, 5) is 4.26. The summed E-state index contributed by atoms with van der Waals surface area (Å²) in [5.74, 6) is 0.459. The van der Waals surface area contributed by atoms with Gasteiger partial charge in [0.25, 0.3) is 0 Å². The zero-order valence-electron chi connectivity index (χ0n) is 7.17. The molecule has 1 fully saturated rings. The number of rotatable bonds is 1. The van der Waals surface area contributed by atoms with Gasteiger partial charge in [-0.1, -0.05) is 6.92 Å². The Morgan fingerprint density at radius 1 is 1.33 bits per heavy atom. The van der Waals surface area contributed by atoms with E-state index in [0.717, 1.165) is 5.69 Å². The molecule has 0 atom stereocenters. The highest BCUT2D eigenvalue weighted by molar-refractivity contribution is 5.58. The van der Waals surface area contributed by atoms with Crippen molar-refractivity contribution in [2.24, 2.45) is 0 Å². The Morgan fingerprint density at radius 3 is 2.50 bits per heavy atom. The van der Waals surface area contributed by atoms with Crippen LogP contribution in [0.4, 0.5) is 11.5 Å². The molecule has 0 saturated heterocycles. The molecule has 0 aliphatic heterocycles. The first-order valence-electron chi connectivity index (χ1n) is 4.14. The van der Waals surface area contributed by atoms with Crippen molar-refractivity contribution in [3.63, 3.8) is 0 Å². The van der Waals surface area contributed by atoms with Crippen LogP contribution in [-0.2, 0) is 5.41 Å². The molecule has 4 N–H and O–H groups in total. The number of nitrogens with two attached hydrogens (primary N) is 2. The predicted octanol–water partition coefficient (Wildman–Crippen LogP) is 1.30. The molecular weight excluding hydrogens is 150 g/mol. The highest BCUT2D eigenvalue weighted by atomic mass is 14.9. The van der Waals surface area contributed by atoms with Crippen molar-refractivity contribution in [1.82, 2.24) is 4.98 Å². The summed E-state index contributed by atoms with van der Waals surface area (Å²) in [6.45, 7) is 2.20. The lowest BCUT2D eigenvalue weighted by molar-refractivity contribution is 0.752. The van der Waals surface area contributed by atoms with E-state index in [9.17, 15) is 0 Å². The molecule has 1 aliphatic carbocycles. The van der Waals surface area contributed by atoms with Gasteiger partial charge in [0.2, 0.25) is 0 Å². The van der Waals surface area contributed by atoms with E-state index in [1.807, 2.05) is 12.1 Å². The highest BCUT2D eigenvalue weighted by Crippen LogP contribution is 2.46. The normalized spacial score (nSPS) is 19.1. The third-order valence-corrected chi connectivity index (χ3v) is 2.58. The molecule has 0 bridgehead atoms. The van der Waals surface area contributed by atoms with Gasteiger partial charge in [0, 0.05) is 11.1 Å². The van der Waals surface area contributed by atoms with Gasteiger partial charge in [-0.2, -0.15) is 0 Å². The maximum atomic E-state index is 5.61. The molecule has 64 valence electrons. The summed E-state index contributed by atoms with van der Waals surface area (Å²) in [7, 11) is 0. The Balaban J connectivity index is 2.41. The number of aromatic nitrogens is 1. The van der Waals surface area contributed by atoms with Gasteiger partial charge < -0.3 is 11.5 Å². The maximum Gasteiger partial charge on any atom is 0.146 e. The van der Waals surface area contributed by atoms with E-state index in [0.29, 0.717) is 11.5 Å². The van der Waals surface area contributed by atoms with Gasteiger partial charge in [-0.05, 0) is 25.0 Å².